The molecule has 1 atom stereocenters. The van der Waals surface area contributed by atoms with Crippen molar-refractivity contribution < 1.29 is 27.4 Å². The number of hydrazine groups is 1. The molecule has 9 nitrogen and oxygen atoms in total. The molecular formula is C20H31F3N6O3. The molecule has 1 unspecified atom stereocenters. The molecule has 32 heavy (non-hydrogen) atoms. The number of nitrogens with two attached hydrogens (primary N) is 2. The Bertz CT molecular complexity index is 765. The van der Waals surface area contributed by atoms with E-state index in [0.717, 1.165) is 25.7 Å². The second kappa shape index (κ2) is 11.7. The molecule has 1 amide bonds. The highest BCUT2D eigenvalue weighted by Crippen LogP contribution is 2.25. The highest BCUT2D eigenvalue weighted by Gasteiger charge is 2.30. The Hall–Kier alpha value is -2.76. The first-order chi connectivity index (χ1) is 15.0. The second-order valence-corrected chi connectivity index (χ2v) is 7.97. The Morgan fingerprint density at radius 2 is 1.91 bits per heavy atom. The van der Waals surface area contributed by atoms with Gasteiger partial charge < -0.3 is 25.5 Å². The first kappa shape index (κ1) is 25.5. The molecule has 1 saturated carbocycles. The number of aromatic nitrogens is 2. The summed E-state index contributed by atoms with van der Waals surface area (Å²) in [6.45, 7) is 0.843. The fourth-order valence-corrected chi connectivity index (χ4v) is 3.31. The number of halogens is 3. The van der Waals surface area contributed by atoms with E-state index in [4.69, 9.17) is 21.1 Å². The van der Waals surface area contributed by atoms with Crippen LogP contribution in [-0.4, -0.2) is 53.5 Å². The molecule has 1 aliphatic rings. The number of carbonyl (C=O) groups excluding carboxylic acids is 1. The topological polar surface area (TPSA) is 129 Å². The van der Waals surface area contributed by atoms with Crippen LogP contribution in [0.2, 0.25) is 0 Å². The molecule has 180 valence electrons. The maximum atomic E-state index is 12.4. The van der Waals surface area contributed by atoms with Crippen LogP contribution in [0.4, 0.5) is 18.0 Å². The molecule has 1 fully saturated rings. The molecule has 2 rings (SSSR count). The van der Waals surface area contributed by atoms with Crippen molar-refractivity contribution in [3.8, 4) is 5.75 Å². The number of alkyl halides is 3. The molecule has 1 aromatic heterocycles. The largest absolute Gasteiger partial charge is 0.487 e. The minimum Gasteiger partial charge on any atom is -0.487 e. The van der Waals surface area contributed by atoms with Crippen molar-refractivity contribution in [2.45, 2.75) is 57.7 Å². The highest BCUT2D eigenvalue weighted by molar-refractivity contribution is 5.68. The quantitative estimate of drug-likeness (QED) is 0.379. The second-order valence-electron chi connectivity index (χ2n) is 7.97. The zero-order valence-corrected chi connectivity index (χ0v) is 18.3. The first-order valence-electron chi connectivity index (χ1n) is 10.5. The number of ether oxygens (including phenoxy) is 2. The third-order valence-electron chi connectivity index (χ3n) is 4.94. The predicted molar refractivity (Wildman–Crippen MR) is 112 cm³/mol. The lowest BCUT2D eigenvalue weighted by Crippen LogP contribution is -2.37. The summed E-state index contributed by atoms with van der Waals surface area (Å²) in [5.74, 6) is 5.69. The number of nitrogens with zero attached hydrogens (tertiary/aromatic N) is 3. The van der Waals surface area contributed by atoms with Crippen LogP contribution in [0.5, 0.6) is 5.75 Å². The summed E-state index contributed by atoms with van der Waals surface area (Å²) in [7, 11) is 1.52. The van der Waals surface area contributed by atoms with Crippen LogP contribution in [0.15, 0.2) is 18.1 Å². The van der Waals surface area contributed by atoms with E-state index < -0.39 is 24.6 Å². The van der Waals surface area contributed by atoms with Crippen LogP contribution in [0.1, 0.15) is 51.3 Å². The van der Waals surface area contributed by atoms with E-state index in [2.05, 4.69) is 15.3 Å². The average Bonchev–Trinajstić information content (AvgIpc) is 2.72. The van der Waals surface area contributed by atoms with Crippen molar-refractivity contribution in [1.29, 1.82) is 0 Å². The molecule has 5 N–H and O–H groups in total. The Balaban J connectivity index is 1.92. The minimum absolute atomic E-state index is 0.130. The number of likely N-dealkylation sites (N-methyl/N-ethyl adjacent to an activating group) is 1. The smallest absolute Gasteiger partial charge is 0.407 e. The van der Waals surface area contributed by atoms with Gasteiger partial charge in [-0.25, -0.2) is 20.6 Å². The molecule has 1 aliphatic carbocycles. The van der Waals surface area contributed by atoms with Gasteiger partial charge in [-0.3, -0.25) is 0 Å². The monoisotopic (exact) mass is 460 g/mol. The molecule has 0 aliphatic heterocycles. The molecule has 0 radical (unpaired) electrons. The van der Waals surface area contributed by atoms with E-state index in [9.17, 15) is 18.0 Å². The van der Waals surface area contributed by atoms with E-state index in [1.54, 1.807) is 0 Å². The molecule has 0 bridgehead atoms. The lowest BCUT2D eigenvalue weighted by Gasteiger charge is -2.23. The molecule has 12 heteroatoms. The van der Waals surface area contributed by atoms with E-state index >= 15 is 0 Å². The van der Waals surface area contributed by atoms with Gasteiger partial charge in [-0.1, -0.05) is 13.3 Å². The van der Waals surface area contributed by atoms with Crippen LogP contribution in [-0.2, 0) is 4.74 Å². The first-order valence-corrected chi connectivity index (χ1v) is 10.5. The van der Waals surface area contributed by atoms with Crippen LogP contribution in [0.3, 0.4) is 0 Å². The van der Waals surface area contributed by atoms with Crippen molar-refractivity contribution in [1.82, 2.24) is 20.3 Å². The molecule has 0 spiro atoms. The zero-order chi connectivity index (χ0) is 23.7. The van der Waals surface area contributed by atoms with Gasteiger partial charge in [0.1, 0.15) is 0 Å². The highest BCUT2D eigenvalue weighted by atomic mass is 19.4. The predicted octanol–water partition coefficient (Wildman–Crippen LogP) is 2.94. The third-order valence-corrected chi connectivity index (χ3v) is 4.94. The van der Waals surface area contributed by atoms with E-state index in [-0.39, 0.29) is 30.8 Å². The van der Waals surface area contributed by atoms with E-state index in [1.807, 2.05) is 0 Å². The maximum Gasteiger partial charge on any atom is 0.407 e. The summed E-state index contributed by atoms with van der Waals surface area (Å²) in [6, 6.07) is 0. The summed E-state index contributed by atoms with van der Waals surface area (Å²) in [4.78, 5) is 20.3. The summed E-state index contributed by atoms with van der Waals surface area (Å²) in [5.41, 5.74) is 6.55. The maximum absolute atomic E-state index is 12.4. The molecular weight excluding hydrogens is 429 g/mol. The van der Waals surface area contributed by atoms with E-state index in [0.29, 0.717) is 11.4 Å². The number of rotatable bonds is 9. The summed E-state index contributed by atoms with van der Waals surface area (Å²) >= 11 is 0. The molecule has 0 saturated heterocycles. The van der Waals surface area contributed by atoms with Crippen LogP contribution in [0, 0.1) is 5.92 Å². The Kier molecular flexibility index (Phi) is 9.36. The molecule has 1 aromatic rings. The van der Waals surface area contributed by atoms with Crippen molar-refractivity contribution >= 4 is 11.8 Å². The van der Waals surface area contributed by atoms with Crippen molar-refractivity contribution in [3.63, 3.8) is 0 Å². The number of alkyl carbamates (subject to hydrolysis) is 1. The van der Waals surface area contributed by atoms with Gasteiger partial charge in [0.25, 0.3) is 0 Å². The third kappa shape index (κ3) is 8.77. The normalized spacial score (nSPS) is 16.7. The summed E-state index contributed by atoms with van der Waals surface area (Å²) in [5, 5.41) is 3.61. The van der Waals surface area contributed by atoms with E-state index in [1.165, 1.54) is 37.8 Å². The van der Waals surface area contributed by atoms with Gasteiger partial charge in [-0.2, -0.15) is 13.2 Å². The fraction of sp³-hybridized carbons (Fsp3) is 0.650. The number of carbonyl (C=O) groups is 1. The van der Waals surface area contributed by atoms with Gasteiger partial charge in [-0.05, 0) is 31.6 Å². The van der Waals surface area contributed by atoms with Crippen LogP contribution >= 0.6 is 0 Å². The van der Waals surface area contributed by atoms with Crippen molar-refractivity contribution in [3.05, 3.63) is 23.9 Å². The van der Waals surface area contributed by atoms with Crippen LogP contribution < -0.4 is 21.6 Å². The van der Waals surface area contributed by atoms with Gasteiger partial charge in [0.15, 0.2) is 11.6 Å². The lowest BCUT2D eigenvalue weighted by molar-refractivity contribution is -0.145. The van der Waals surface area contributed by atoms with Gasteiger partial charge >= 0.3 is 12.3 Å². The molecule has 0 aromatic carbocycles. The van der Waals surface area contributed by atoms with Gasteiger partial charge in [0.2, 0.25) is 0 Å². The van der Waals surface area contributed by atoms with Gasteiger partial charge in [0.05, 0.1) is 43.0 Å². The Labute approximate surface area is 185 Å². The summed E-state index contributed by atoms with van der Waals surface area (Å²) in [6.07, 6.45) is 2.48. The summed E-state index contributed by atoms with van der Waals surface area (Å²) < 4.78 is 47.8. The zero-order valence-electron chi connectivity index (χ0n) is 18.3. The van der Waals surface area contributed by atoms with Gasteiger partial charge in [0, 0.05) is 13.5 Å². The number of nitrogens with one attached hydrogen (secondary N) is 1. The standard InChI is InChI=1S/C20H31F3N6O3/c1-13(8-20(21,22)23)12-31-19(30)28-11-16(29(2)25)17(24)18-26-9-15(10-27-18)32-14-6-4-3-5-7-14/h9-10,13-14H,3-8,11-12,24-25H2,1-2H3,(H,28,30)/b17-16-. The van der Waals surface area contributed by atoms with Crippen LogP contribution in [0.25, 0.3) is 5.70 Å². The van der Waals surface area contributed by atoms with Crippen molar-refractivity contribution in [2.24, 2.45) is 17.5 Å². The van der Waals surface area contributed by atoms with Gasteiger partial charge in [-0.15, -0.1) is 0 Å². The number of hydrogen-bond donors (Lipinski definition) is 3. The minimum atomic E-state index is -4.32. The Morgan fingerprint density at radius 1 is 1.28 bits per heavy atom. The lowest BCUT2D eigenvalue weighted by atomic mass is 9.98. The average molecular weight is 461 g/mol. The molecule has 1 heterocycles. The fourth-order valence-electron chi connectivity index (χ4n) is 3.31. The Morgan fingerprint density at radius 3 is 2.47 bits per heavy atom. The van der Waals surface area contributed by atoms with Crippen molar-refractivity contribution in [2.75, 3.05) is 20.2 Å². The number of amides is 1. The SMILES string of the molecule is CC(COC(=O)NC/C(=C(/N)c1ncc(OC2CCCCC2)cn1)N(C)N)CC(F)(F)F. The number of hydrogen-bond acceptors (Lipinski definition) is 8.